The summed E-state index contributed by atoms with van der Waals surface area (Å²) in [5, 5.41) is 17.4. The third-order valence-electron chi connectivity index (χ3n) is 5.84. The molecule has 0 spiro atoms. The lowest BCUT2D eigenvalue weighted by Gasteiger charge is -2.49. The Hall–Kier alpha value is -1.80. The second kappa shape index (κ2) is 5.60. The van der Waals surface area contributed by atoms with Crippen LogP contribution in [0.25, 0.3) is 0 Å². The highest BCUT2D eigenvalue weighted by atomic mass is 28.4. The van der Waals surface area contributed by atoms with E-state index in [4.69, 9.17) is 4.43 Å². The predicted molar refractivity (Wildman–Crippen MR) is 93.2 cm³/mol. The summed E-state index contributed by atoms with van der Waals surface area (Å²) in [6, 6.07) is 0.429. The minimum atomic E-state index is -2.03. The van der Waals surface area contributed by atoms with Crippen LogP contribution in [0.5, 0.6) is 0 Å². The SMILES string of the molecule is C[C@@H](O[Si](C)(C)C(C)(C)C)[C@H]1C(=O)N2C(C(=O)O)c3nnccc3[C@H]12. The first-order valence-corrected chi connectivity index (χ1v) is 11.4. The highest BCUT2D eigenvalue weighted by molar-refractivity contribution is 6.74. The number of carbonyl (C=O) groups is 2. The van der Waals surface area contributed by atoms with Crippen molar-refractivity contribution in [3.63, 3.8) is 0 Å². The molecule has 25 heavy (non-hydrogen) atoms. The maximum Gasteiger partial charge on any atom is 0.332 e. The molecule has 1 aromatic rings. The summed E-state index contributed by atoms with van der Waals surface area (Å²) >= 11 is 0. The van der Waals surface area contributed by atoms with Crippen LogP contribution >= 0.6 is 0 Å². The summed E-state index contributed by atoms with van der Waals surface area (Å²) in [4.78, 5) is 25.8. The molecule has 8 heteroatoms. The van der Waals surface area contributed by atoms with E-state index < -0.39 is 20.3 Å². The van der Waals surface area contributed by atoms with E-state index in [-0.39, 0.29) is 29.0 Å². The van der Waals surface area contributed by atoms with E-state index >= 15 is 0 Å². The van der Waals surface area contributed by atoms with Gasteiger partial charge in [-0.2, -0.15) is 10.2 Å². The van der Waals surface area contributed by atoms with E-state index in [1.807, 2.05) is 6.92 Å². The van der Waals surface area contributed by atoms with Gasteiger partial charge in [-0.25, -0.2) is 4.79 Å². The molecule has 1 fully saturated rings. The maximum absolute atomic E-state index is 12.8. The molecule has 1 N–H and O–H groups in total. The Morgan fingerprint density at radius 1 is 1.40 bits per heavy atom. The molecule has 4 atom stereocenters. The van der Waals surface area contributed by atoms with Crippen LogP contribution in [0.15, 0.2) is 12.3 Å². The van der Waals surface area contributed by atoms with Gasteiger partial charge in [-0.1, -0.05) is 20.8 Å². The zero-order valence-electron chi connectivity index (χ0n) is 15.5. The molecule has 2 aliphatic heterocycles. The number of amides is 1. The first-order valence-electron chi connectivity index (χ1n) is 8.51. The topological polar surface area (TPSA) is 92.6 Å². The number of hydrogen-bond acceptors (Lipinski definition) is 5. The number of aliphatic carboxylic acids is 1. The summed E-state index contributed by atoms with van der Waals surface area (Å²) < 4.78 is 6.40. The molecule has 1 amide bonds. The second-order valence-corrected chi connectivity index (χ2v) is 13.2. The van der Waals surface area contributed by atoms with Crippen molar-refractivity contribution in [1.29, 1.82) is 0 Å². The van der Waals surface area contributed by atoms with Gasteiger partial charge in [0.15, 0.2) is 14.4 Å². The van der Waals surface area contributed by atoms with Gasteiger partial charge in [0.25, 0.3) is 0 Å². The Morgan fingerprint density at radius 2 is 2.04 bits per heavy atom. The van der Waals surface area contributed by atoms with Gasteiger partial charge in [0, 0.05) is 11.8 Å². The van der Waals surface area contributed by atoms with Crippen molar-refractivity contribution >= 4 is 20.2 Å². The molecule has 0 aromatic carbocycles. The fraction of sp³-hybridized carbons (Fsp3) is 0.647. The Bertz CT molecular complexity index is 731. The number of fused-ring (bicyclic) bond motifs is 3. The van der Waals surface area contributed by atoms with Crippen LogP contribution in [-0.2, 0) is 14.0 Å². The lowest BCUT2D eigenvalue weighted by molar-refractivity contribution is -0.173. The maximum atomic E-state index is 12.8. The molecule has 7 nitrogen and oxygen atoms in total. The van der Waals surface area contributed by atoms with Crippen LogP contribution in [-0.4, -0.2) is 46.5 Å². The molecule has 1 unspecified atom stereocenters. The Balaban J connectivity index is 1.90. The molecule has 3 rings (SSSR count). The predicted octanol–water partition coefficient (Wildman–Crippen LogP) is 2.53. The van der Waals surface area contributed by atoms with Crippen LogP contribution < -0.4 is 0 Å². The summed E-state index contributed by atoms with van der Waals surface area (Å²) in [6.07, 6.45) is 1.27. The van der Waals surface area contributed by atoms with Gasteiger partial charge in [0.1, 0.15) is 5.69 Å². The molecular formula is C17H25N3O4Si. The molecule has 1 aromatic heterocycles. The van der Waals surface area contributed by atoms with Crippen LogP contribution in [0.4, 0.5) is 0 Å². The highest BCUT2D eigenvalue weighted by Crippen LogP contribution is 2.54. The van der Waals surface area contributed by atoms with E-state index in [9.17, 15) is 14.7 Å². The van der Waals surface area contributed by atoms with Gasteiger partial charge in [-0.3, -0.25) is 4.79 Å². The first kappa shape index (κ1) is 18.0. The van der Waals surface area contributed by atoms with Crippen LogP contribution in [0.2, 0.25) is 18.1 Å². The third-order valence-corrected chi connectivity index (χ3v) is 10.4. The lowest BCUT2D eigenvalue weighted by Crippen LogP contribution is -2.59. The number of hydrogen-bond donors (Lipinski definition) is 1. The summed E-state index contributed by atoms with van der Waals surface area (Å²) in [5.74, 6) is -1.63. The minimum absolute atomic E-state index is 0.0381. The molecular weight excluding hydrogens is 338 g/mol. The third kappa shape index (κ3) is 2.58. The molecule has 0 aliphatic carbocycles. The normalized spacial score (nSPS) is 26.7. The quantitative estimate of drug-likeness (QED) is 0.653. The lowest BCUT2D eigenvalue weighted by atomic mass is 9.82. The van der Waals surface area contributed by atoms with Crippen molar-refractivity contribution in [3.05, 3.63) is 23.5 Å². The molecule has 0 bridgehead atoms. The van der Waals surface area contributed by atoms with Gasteiger partial charge in [0.2, 0.25) is 5.91 Å². The van der Waals surface area contributed by atoms with Gasteiger partial charge < -0.3 is 14.4 Å². The van der Waals surface area contributed by atoms with E-state index in [1.54, 1.807) is 12.3 Å². The van der Waals surface area contributed by atoms with E-state index in [1.165, 1.54) is 4.90 Å². The fourth-order valence-electron chi connectivity index (χ4n) is 3.52. The number of carbonyl (C=O) groups excluding carboxylic acids is 1. The summed E-state index contributed by atoms with van der Waals surface area (Å²) in [6.45, 7) is 12.7. The number of rotatable bonds is 4. The molecule has 136 valence electrons. The average molecular weight is 363 g/mol. The van der Waals surface area contributed by atoms with Gasteiger partial charge in [-0.15, -0.1) is 0 Å². The number of β-lactam (4-membered cyclic amide) rings is 1. The molecule has 0 saturated carbocycles. The second-order valence-electron chi connectivity index (χ2n) is 8.41. The van der Waals surface area contributed by atoms with E-state index in [0.717, 1.165) is 5.56 Å². The zero-order chi connectivity index (χ0) is 18.7. The average Bonchev–Trinajstić information content (AvgIpc) is 2.76. The van der Waals surface area contributed by atoms with Crippen LogP contribution in [0.1, 0.15) is 51.0 Å². The van der Waals surface area contributed by atoms with E-state index in [2.05, 4.69) is 44.1 Å². The smallest absolute Gasteiger partial charge is 0.332 e. The van der Waals surface area contributed by atoms with Crippen LogP contribution in [0, 0.1) is 5.92 Å². The molecule has 3 heterocycles. The minimum Gasteiger partial charge on any atom is -0.479 e. The van der Waals surface area contributed by atoms with E-state index in [0.29, 0.717) is 5.69 Å². The van der Waals surface area contributed by atoms with Gasteiger partial charge >= 0.3 is 5.97 Å². The van der Waals surface area contributed by atoms with Crippen molar-refractivity contribution < 1.29 is 19.1 Å². The Morgan fingerprint density at radius 3 is 2.60 bits per heavy atom. The number of nitrogens with zero attached hydrogens (tertiary/aromatic N) is 3. The van der Waals surface area contributed by atoms with Crippen molar-refractivity contribution in [2.24, 2.45) is 5.92 Å². The zero-order valence-corrected chi connectivity index (χ0v) is 16.5. The van der Waals surface area contributed by atoms with Crippen molar-refractivity contribution in [1.82, 2.24) is 15.1 Å². The molecule has 1 saturated heterocycles. The summed E-state index contributed by atoms with van der Waals surface area (Å²) in [7, 11) is -2.03. The Labute approximate surface area is 148 Å². The van der Waals surface area contributed by atoms with Gasteiger partial charge in [-0.05, 0) is 31.1 Å². The molecule has 2 aliphatic rings. The van der Waals surface area contributed by atoms with Gasteiger partial charge in [0.05, 0.1) is 18.1 Å². The first-order chi connectivity index (χ1) is 11.5. The monoisotopic (exact) mass is 363 g/mol. The highest BCUT2D eigenvalue weighted by Gasteiger charge is 2.62. The van der Waals surface area contributed by atoms with Crippen molar-refractivity contribution in [3.8, 4) is 0 Å². The largest absolute Gasteiger partial charge is 0.479 e. The number of carboxylic acids is 1. The molecule has 0 radical (unpaired) electrons. The van der Waals surface area contributed by atoms with Crippen molar-refractivity contribution in [2.75, 3.05) is 0 Å². The van der Waals surface area contributed by atoms with Crippen molar-refractivity contribution in [2.45, 2.75) is 64.0 Å². The van der Waals surface area contributed by atoms with Crippen LogP contribution in [0.3, 0.4) is 0 Å². The number of aromatic nitrogens is 2. The summed E-state index contributed by atoms with van der Waals surface area (Å²) in [5.41, 5.74) is 1.15. The fourth-order valence-corrected chi connectivity index (χ4v) is 4.95. The Kier molecular flexibility index (Phi) is 4.03. The standard InChI is InChI=1S/C17H25N3O4Si/c1-9(24-25(5,6)17(2,3)4)11-13-10-7-8-18-19-12(10)14(16(22)23)20(13)15(11)21/h7-9,11,13-14H,1-6H3,(H,22,23)/t9-,11-,13-,14?/m1/s1. The number of carboxylic acid groups (broad SMARTS) is 1.